The molecule has 0 saturated heterocycles. The number of hydrogen-bond donors (Lipinski definition) is 7. The Morgan fingerprint density at radius 2 is 1.32 bits per heavy atom. The molecule has 31 heavy (non-hydrogen) atoms. The van der Waals surface area contributed by atoms with Crippen LogP contribution in [0.25, 0.3) is 0 Å². The Labute approximate surface area is 194 Å². The minimum absolute atomic E-state index is 0.226. The highest BCUT2D eigenvalue weighted by Crippen LogP contribution is 2.05. The van der Waals surface area contributed by atoms with Gasteiger partial charge in [0, 0.05) is 5.75 Å². The van der Waals surface area contributed by atoms with Gasteiger partial charge in [0.2, 0.25) is 17.7 Å². The van der Waals surface area contributed by atoms with Crippen molar-refractivity contribution in [3.63, 3.8) is 0 Å². The van der Waals surface area contributed by atoms with E-state index in [0.29, 0.717) is 17.9 Å². The van der Waals surface area contributed by atoms with Crippen molar-refractivity contribution in [1.82, 2.24) is 16.0 Å². The average Bonchev–Trinajstić information content (AvgIpc) is 2.71. The Balaban J connectivity index is 5.33. The van der Waals surface area contributed by atoms with Crippen LogP contribution in [0.4, 0.5) is 0 Å². The van der Waals surface area contributed by atoms with Gasteiger partial charge in [0.15, 0.2) is 0 Å². The number of hydrogen-bond acceptors (Lipinski definition) is 9. The second-order valence-corrected chi connectivity index (χ2v) is 8.81. The number of carbonyl (C=O) groups is 5. The van der Waals surface area contributed by atoms with E-state index in [0.717, 1.165) is 0 Å². The molecule has 0 rings (SSSR count). The van der Waals surface area contributed by atoms with Crippen molar-refractivity contribution < 1.29 is 34.2 Å². The zero-order chi connectivity index (χ0) is 24.0. The van der Waals surface area contributed by atoms with Crippen molar-refractivity contribution in [3.05, 3.63) is 0 Å². The number of nitrogens with one attached hydrogen (secondary N) is 3. The highest BCUT2D eigenvalue weighted by Gasteiger charge is 2.31. The van der Waals surface area contributed by atoms with Crippen LogP contribution in [0.15, 0.2) is 0 Å². The molecular weight excluding hydrogens is 468 g/mol. The summed E-state index contributed by atoms with van der Waals surface area (Å²) in [5.41, 5.74) is 5.83. The van der Waals surface area contributed by atoms with E-state index < -0.39 is 60.2 Å². The summed E-state index contributed by atoms with van der Waals surface area (Å²) in [6, 6.07) is -4.75. The van der Waals surface area contributed by atoms with E-state index in [9.17, 15) is 24.0 Å². The molecule has 4 atom stereocenters. The van der Waals surface area contributed by atoms with E-state index in [1.54, 1.807) is 0 Å². The van der Waals surface area contributed by atoms with E-state index >= 15 is 0 Å². The maximum atomic E-state index is 12.7. The highest BCUT2D eigenvalue weighted by atomic mass is 32.2. The van der Waals surface area contributed by atoms with Gasteiger partial charge < -0.3 is 31.9 Å². The fourth-order valence-electron chi connectivity index (χ4n) is 2.27. The third-order valence-electron chi connectivity index (χ3n) is 4.02. The zero-order valence-corrected chi connectivity index (χ0v) is 19.9. The van der Waals surface area contributed by atoms with Crippen molar-refractivity contribution in [2.75, 3.05) is 29.8 Å². The molecule has 4 unspecified atom stereocenters. The minimum Gasteiger partial charge on any atom is -0.481 e. The number of thiol groups is 1. The normalized spacial score (nSPS) is 14.6. The second kappa shape index (κ2) is 16.1. The van der Waals surface area contributed by atoms with Crippen LogP contribution in [0.2, 0.25) is 0 Å². The number of thioether (sulfide) groups is 2. The van der Waals surface area contributed by atoms with Gasteiger partial charge in [-0.15, -0.1) is 0 Å². The van der Waals surface area contributed by atoms with Gasteiger partial charge in [-0.3, -0.25) is 19.2 Å². The highest BCUT2D eigenvalue weighted by molar-refractivity contribution is 7.98. The number of carboxylic acid groups (broad SMARTS) is 2. The standard InChI is InChI=1S/C17H30N4O7S3/c1-30-5-3-9(18)14(24)19-10(4-6-31-2)15(25)20-11(7-13(22)23)16(26)21-12(8-29)17(27)28/h9-12,29H,3-8,18H2,1-2H3,(H,19,24)(H,20,25)(H,21,26)(H,22,23)(H,27,28). The Morgan fingerprint density at radius 1 is 0.839 bits per heavy atom. The summed E-state index contributed by atoms with van der Waals surface area (Å²) in [5.74, 6) is -4.06. The lowest BCUT2D eigenvalue weighted by molar-refractivity contribution is -0.143. The summed E-state index contributed by atoms with van der Waals surface area (Å²) in [6.07, 6.45) is 3.55. The Bertz CT molecular complexity index is 639. The summed E-state index contributed by atoms with van der Waals surface area (Å²) in [6.45, 7) is 0. The summed E-state index contributed by atoms with van der Waals surface area (Å²) in [7, 11) is 0. The number of amides is 3. The fourth-order valence-corrected chi connectivity index (χ4v) is 3.48. The summed E-state index contributed by atoms with van der Waals surface area (Å²) in [5, 5.41) is 25.1. The maximum Gasteiger partial charge on any atom is 0.327 e. The topological polar surface area (TPSA) is 188 Å². The lowest BCUT2D eigenvalue weighted by atomic mass is 10.1. The average molecular weight is 499 g/mol. The third-order valence-corrected chi connectivity index (χ3v) is 5.68. The Hall–Kier alpha value is -1.64. The molecule has 0 spiro atoms. The van der Waals surface area contributed by atoms with E-state index in [1.807, 2.05) is 12.5 Å². The molecule has 0 aromatic rings. The van der Waals surface area contributed by atoms with Crippen LogP contribution >= 0.6 is 36.2 Å². The third kappa shape index (κ3) is 12.1. The molecule has 7 N–H and O–H groups in total. The van der Waals surface area contributed by atoms with Crippen LogP contribution in [-0.4, -0.2) is 93.8 Å². The molecule has 0 heterocycles. The first-order valence-corrected chi connectivity index (χ1v) is 12.7. The molecular formula is C17H30N4O7S3. The van der Waals surface area contributed by atoms with Gasteiger partial charge in [0.05, 0.1) is 12.5 Å². The monoisotopic (exact) mass is 498 g/mol. The largest absolute Gasteiger partial charge is 0.481 e. The van der Waals surface area contributed by atoms with Gasteiger partial charge in [-0.1, -0.05) is 0 Å². The molecule has 3 amide bonds. The van der Waals surface area contributed by atoms with Crippen molar-refractivity contribution in [3.8, 4) is 0 Å². The molecule has 11 nitrogen and oxygen atoms in total. The molecule has 0 fully saturated rings. The predicted octanol–water partition coefficient (Wildman–Crippen LogP) is -1.24. The van der Waals surface area contributed by atoms with E-state index in [-0.39, 0.29) is 12.2 Å². The fraction of sp³-hybridized carbons (Fsp3) is 0.706. The van der Waals surface area contributed by atoms with Crippen LogP contribution in [0, 0.1) is 0 Å². The molecule has 178 valence electrons. The van der Waals surface area contributed by atoms with Crippen molar-refractivity contribution >= 4 is 65.8 Å². The van der Waals surface area contributed by atoms with Crippen molar-refractivity contribution in [2.45, 2.75) is 43.4 Å². The van der Waals surface area contributed by atoms with Crippen LogP contribution in [0.3, 0.4) is 0 Å². The number of aliphatic carboxylic acids is 2. The number of carbonyl (C=O) groups excluding carboxylic acids is 3. The molecule has 0 radical (unpaired) electrons. The molecule has 0 aromatic carbocycles. The minimum atomic E-state index is -1.54. The van der Waals surface area contributed by atoms with Gasteiger partial charge >= 0.3 is 11.9 Å². The number of carboxylic acids is 2. The van der Waals surface area contributed by atoms with Gasteiger partial charge in [0.25, 0.3) is 0 Å². The Kier molecular flexibility index (Phi) is 15.2. The molecule has 0 aromatic heterocycles. The molecule has 0 aliphatic rings. The Morgan fingerprint density at radius 3 is 1.81 bits per heavy atom. The van der Waals surface area contributed by atoms with Gasteiger partial charge in [-0.05, 0) is 36.9 Å². The molecule has 0 aliphatic heterocycles. The summed E-state index contributed by atoms with van der Waals surface area (Å²) in [4.78, 5) is 59.6. The quantitative estimate of drug-likeness (QED) is 0.127. The number of nitrogens with two attached hydrogens (primary N) is 1. The SMILES string of the molecule is CSCCC(N)C(=O)NC(CCSC)C(=O)NC(CC(=O)O)C(=O)NC(CS)C(=O)O. The number of rotatable bonds is 16. The zero-order valence-electron chi connectivity index (χ0n) is 17.3. The smallest absolute Gasteiger partial charge is 0.327 e. The maximum absolute atomic E-state index is 12.7. The van der Waals surface area contributed by atoms with Gasteiger partial charge in [-0.25, -0.2) is 4.79 Å². The molecule has 0 saturated carbocycles. The van der Waals surface area contributed by atoms with Crippen molar-refractivity contribution in [1.29, 1.82) is 0 Å². The summed E-state index contributed by atoms with van der Waals surface area (Å²) >= 11 is 6.78. The second-order valence-electron chi connectivity index (χ2n) is 6.47. The van der Waals surface area contributed by atoms with E-state index in [4.69, 9.17) is 15.9 Å². The van der Waals surface area contributed by atoms with E-state index in [2.05, 4.69) is 28.6 Å². The first-order valence-electron chi connectivity index (χ1n) is 9.27. The van der Waals surface area contributed by atoms with Gasteiger partial charge in [0.1, 0.15) is 18.1 Å². The van der Waals surface area contributed by atoms with E-state index in [1.165, 1.54) is 23.5 Å². The van der Waals surface area contributed by atoms with Gasteiger partial charge in [-0.2, -0.15) is 36.2 Å². The van der Waals surface area contributed by atoms with Crippen LogP contribution in [0.1, 0.15) is 19.3 Å². The van der Waals surface area contributed by atoms with Crippen molar-refractivity contribution in [2.24, 2.45) is 5.73 Å². The van der Waals surface area contributed by atoms with Crippen LogP contribution in [0.5, 0.6) is 0 Å². The lowest BCUT2D eigenvalue weighted by Gasteiger charge is -2.24. The summed E-state index contributed by atoms with van der Waals surface area (Å²) < 4.78 is 0. The first kappa shape index (κ1) is 29.4. The van der Waals surface area contributed by atoms with Crippen LogP contribution < -0.4 is 21.7 Å². The lowest BCUT2D eigenvalue weighted by Crippen LogP contribution is -2.57. The molecule has 0 bridgehead atoms. The predicted molar refractivity (Wildman–Crippen MR) is 124 cm³/mol. The van der Waals surface area contributed by atoms with Crippen LogP contribution in [-0.2, 0) is 24.0 Å². The molecule has 14 heteroatoms. The molecule has 0 aliphatic carbocycles. The first-order chi connectivity index (χ1) is 14.6.